The van der Waals surface area contributed by atoms with Crippen LogP contribution in [0.1, 0.15) is 29.7 Å². The molecule has 1 saturated heterocycles. The predicted octanol–water partition coefficient (Wildman–Crippen LogP) is 1.63. The Kier molecular flexibility index (Phi) is 3.72. The molecule has 84 valence electrons. The van der Waals surface area contributed by atoms with E-state index in [1.807, 2.05) is 17.5 Å². The van der Waals surface area contributed by atoms with Gasteiger partial charge in [0.05, 0.1) is 6.54 Å². The second kappa shape index (κ2) is 5.05. The molecule has 3 nitrogen and oxygen atoms in total. The van der Waals surface area contributed by atoms with Crippen LogP contribution in [0.25, 0.3) is 0 Å². The zero-order valence-electron chi connectivity index (χ0n) is 9.28. The van der Waals surface area contributed by atoms with Crippen LogP contribution in [0.5, 0.6) is 0 Å². The van der Waals surface area contributed by atoms with Gasteiger partial charge >= 0.3 is 0 Å². The van der Waals surface area contributed by atoms with E-state index in [-0.39, 0.29) is 0 Å². The van der Waals surface area contributed by atoms with Crippen molar-refractivity contribution in [2.75, 3.05) is 13.1 Å². The topological polar surface area (TPSA) is 42.2 Å². The predicted molar refractivity (Wildman–Crippen MR) is 64.0 cm³/mol. The second-order valence-electron chi connectivity index (χ2n) is 4.08. The number of aryl methyl sites for hydroxylation is 1. The lowest BCUT2D eigenvalue weighted by Crippen LogP contribution is -2.34. The molecule has 15 heavy (non-hydrogen) atoms. The summed E-state index contributed by atoms with van der Waals surface area (Å²) in [6.45, 7) is 5.14. The minimum atomic E-state index is 0.582. The van der Waals surface area contributed by atoms with Crippen LogP contribution < -0.4 is 5.73 Å². The zero-order valence-corrected chi connectivity index (χ0v) is 10.1. The highest BCUT2D eigenvalue weighted by Gasteiger charge is 2.23. The lowest BCUT2D eigenvalue weighted by molar-refractivity contribution is 0.250. The van der Waals surface area contributed by atoms with E-state index >= 15 is 0 Å². The first-order valence-corrected chi connectivity index (χ1v) is 6.52. The molecule has 1 fully saturated rings. The third-order valence-corrected chi connectivity index (χ3v) is 4.19. The maximum atomic E-state index is 5.75. The van der Waals surface area contributed by atoms with Crippen molar-refractivity contribution < 1.29 is 0 Å². The Hall–Kier alpha value is -0.450. The fraction of sp³-hybridized carbons (Fsp3) is 0.727. The van der Waals surface area contributed by atoms with Crippen molar-refractivity contribution in [3.63, 3.8) is 0 Å². The van der Waals surface area contributed by atoms with Gasteiger partial charge in [0.15, 0.2) is 0 Å². The van der Waals surface area contributed by atoms with Gasteiger partial charge in [-0.2, -0.15) is 0 Å². The third kappa shape index (κ3) is 2.56. The zero-order chi connectivity index (χ0) is 10.7. The maximum absolute atomic E-state index is 5.75. The van der Waals surface area contributed by atoms with E-state index in [1.165, 1.54) is 29.3 Å². The number of thiazole rings is 1. The summed E-state index contributed by atoms with van der Waals surface area (Å²) in [5.41, 5.74) is 5.75. The van der Waals surface area contributed by atoms with Crippen LogP contribution in [0.3, 0.4) is 0 Å². The van der Waals surface area contributed by atoms with Crippen LogP contribution in [-0.4, -0.2) is 29.0 Å². The molecule has 0 saturated carbocycles. The van der Waals surface area contributed by atoms with E-state index in [1.54, 1.807) is 0 Å². The standard InChI is InChI=1S/C11H19N3S/c1-2-10-7-13-11(15-10)8-14-5-3-4-9(14)6-12/h7,9H,2-6,8,12H2,1H3. The van der Waals surface area contributed by atoms with Crippen molar-refractivity contribution in [2.45, 2.75) is 38.8 Å². The van der Waals surface area contributed by atoms with Gasteiger partial charge in [0.1, 0.15) is 5.01 Å². The Balaban J connectivity index is 1.95. The number of hydrogen-bond donors (Lipinski definition) is 1. The van der Waals surface area contributed by atoms with Gasteiger partial charge in [0, 0.05) is 23.7 Å². The second-order valence-corrected chi connectivity index (χ2v) is 5.28. The number of aromatic nitrogens is 1. The molecule has 2 heterocycles. The van der Waals surface area contributed by atoms with Crippen molar-refractivity contribution in [2.24, 2.45) is 5.73 Å². The molecule has 1 aliphatic heterocycles. The average Bonchev–Trinajstić information content (AvgIpc) is 2.87. The summed E-state index contributed by atoms with van der Waals surface area (Å²) in [6.07, 6.45) is 5.64. The first-order valence-electron chi connectivity index (χ1n) is 5.71. The van der Waals surface area contributed by atoms with Gasteiger partial charge in [-0.3, -0.25) is 4.90 Å². The molecule has 2 rings (SSSR count). The van der Waals surface area contributed by atoms with Gasteiger partial charge in [-0.05, 0) is 25.8 Å². The quantitative estimate of drug-likeness (QED) is 0.847. The molecule has 4 heteroatoms. The van der Waals surface area contributed by atoms with Gasteiger partial charge in [-0.15, -0.1) is 11.3 Å². The van der Waals surface area contributed by atoms with Gasteiger partial charge in [-0.25, -0.2) is 4.98 Å². The van der Waals surface area contributed by atoms with Crippen molar-refractivity contribution >= 4 is 11.3 Å². The van der Waals surface area contributed by atoms with Crippen molar-refractivity contribution in [1.29, 1.82) is 0 Å². The molecule has 1 atom stereocenters. The molecule has 1 aromatic rings. The van der Waals surface area contributed by atoms with Crippen LogP contribution in [0, 0.1) is 0 Å². The molecule has 1 unspecified atom stereocenters. The van der Waals surface area contributed by atoms with E-state index in [0.29, 0.717) is 6.04 Å². The van der Waals surface area contributed by atoms with Gasteiger partial charge < -0.3 is 5.73 Å². The number of nitrogens with two attached hydrogens (primary N) is 1. The SMILES string of the molecule is CCc1cnc(CN2CCCC2CN)s1. The summed E-state index contributed by atoms with van der Waals surface area (Å²) in [5, 5.41) is 1.24. The summed E-state index contributed by atoms with van der Waals surface area (Å²) in [4.78, 5) is 8.31. The molecule has 0 aromatic carbocycles. The minimum absolute atomic E-state index is 0.582. The molecule has 0 spiro atoms. The average molecular weight is 225 g/mol. The smallest absolute Gasteiger partial charge is 0.107 e. The van der Waals surface area contributed by atoms with Crippen LogP contribution in [-0.2, 0) is 13.0 Å². The first kappa shape index (κ1) is 11.0. The Morgan fingerprint density at radius 1 is 1.67 bits per heavy atom. The van der Waals surface area contributed by atoms with Gasteiger partial charge in [0.25, 0.3) is 0 Å². The Bertz CT molecular complexity index is 311. The van der Waals surface area contributed by atoms with Crippen LogP contribution in [0.4, 0.5) is 0 Å². The van der Waals surface area contributed by atoms with Crippen molar-refractivity contribution in [3.05, 3.63) is 16.1 Å². The first-order chi connectivity index (χ1) is 7.33. The molecular formula is C11H19N3S. The minimum Gasteiger partial charge on any atom is -0.329 e. The van der Waals surface area contributed by atoms with Gasteiger partial charge in [-0.1, -0.05) is 6.92 Å². The Morgan fingerprint density at radius 2 is 2.53 bits per heavy atom. The van der Waals surface area contributed by atoms with E-state index in [2.05, 4.69) is 16.8 Å². The monoisotopic (exact) mass is 225 g/mol. The van der Waals surface area contributed by atoms with Crippen LogP contribution in [0.15, 0.2) is 6.20 Å². The summed E-state index contributed by atoms with van der Waals surface area (Å²) in [7, 11) is 0. The molecule has 0 aliphatic carbocycles. The normalized spacial score (nSPS) is 22.4. The third-order valence-electron chi connectivity index (χ3n) is 3.06. The molecule has 0 amide bonds. The number of nitrogens with zero attached hydrogens (tertiary/aromatic N) is 2. The van der Waals surface area contributed by atoms with E-state index in [9.17, 15) is 0 Å². The van der Waals surface area contributed by atoms with E-state index in [0.717, 1.165) is 19.5 Å². The molecule has 0 bridgehead atoms. The van der Waals surface area contributed by atoms with Gasteiger partial charge in [0.2, 0.25) is 0 Å². The Morgan fingerprint density at radius 3 is 3.20 bits per heavy atom. The van der Waals surface area contributed by atoms with E-state index in [4.69, 9.17) is 5.73 Å². The highest BCUT2D eigenvalue weighted by molar-refractivity contribution is 7.11. The van der Waals surface area contributed by atoms with E-state index < -0.39 is 0 Å². The van der Waals surface area contributed by atoms with Crippen LogP contribution in [0.2, 0.25) is 0 Å². The van der Waals surface area contributed by atoms with Crippen molar-refractivity contribution in [3.8, 4) is 0 Å². The molecule has 0 radical (unpaired) electrons. The number of likely N-dealkylation sites (tertiary alicyclic amines) is 1. The summed E-state index contributed by atoms with van der Waals surface area (Å²) < 4.78 is 0. The fourth-order valence-electron chi connectivity index (χ4n) is 2.13. The fourth-order valence-corrected chi connectivity index (χ4v) is 3.02. The molecule has 2 N–H and O–H groups in total. The highest BCUT2D eigenvalue weighted by Crippen LogP contribution is 2.21. The lowest BCUT2D eigenvalue weighted by Gasteiger charge is -2.21. The lowest BCUT2D eigenvalue weighted by atomic mass is 10.2. The number of hydrogen-bond acceptors (Lipinski definition) is 4. The van der Waals surface area contributed by atoms with Crippen molar-refractivity contribution in [1.82, 2.24) is 9.88 Å². The molecular weight excluding hydrogens is 206 g/mol. The summed E-state index contributed by atoms with van der Waals surface area (Å²) in [5.74, 6) is 0. The summed E-state index contributed by atoms with van der Waals surface area (Å²) in [6, 6.07) is 0.582. The molecule has 1 aliphatic rings. The number of rotatable bonds is 4. The molecule has 1 aromatic heterocycles. The van der Waals surface area contributed by atoms with Crippen LogP contribution >= 0.6 is 11.3 Å². The maximum Gasteiger partial charge on any atom is 0.107 e. The largest absolute Gasteiger partial charge is 0.329 e. The highest BCUT2D eigenvalue weighted by atomic mass is 32.1. The Labute approximate surface area is 95.3 Å². The summed E-state index contributed by atoms with van der Waals surface area (Å²) >= 11 is 1.84.